The van der Waals surface area contributed by atoms with Gasteiger partial charge in [0, 0.05) is 27.9 Å². The Morgan fingerprint density at radius 2 is 1.84 bits per heavy atom. The Balaban J connectivity index is 1.85. The minimum absolute atomic E-state index is 0.398. The van der Waals surface area contributed by atoms with Crippen LogP contribution >= 0.6 is 0 Å². The summed E-state index contributed by atoms with van der Waals surface area (Å²) in [6, 6.07) is 11.9. The third-order valence-electron chi connectivity index (χ3n) is 5.17. The van der Waals surface area contributed by atoms with Gasteiger partial charge in [0.2, 0.25) is 0 Å². The molecule has 1 aromatic carbocycles. The van der Waals surface area contributed by atoms with Crippen LogP contribution in [0.1, 0.15) is 43.4 Å². The fourth-order valence-electron chi connectivity index (χ4n) is 3.87. The summed E-state index contributed by atoms with van der Waals surface area (Å²) in [6.07, 6.45) is 5.69. The van der Waals surface area contributed by atoms with E-state index < -0.39 is 11.7 Å². The molecule has 0 radical (unpaired) electrons. The molecule has 31 heavy (non-hydrogen) atoms. The molecule has 5 nitrogen and oxygen atoms in total. The van der Waals surface area contributed by atoms with Crippen LogP contribution in [0.15, 0.2) is 59.9 Å². The van der Waals surface area contributed by atoms with Gasteiger partial charge in [0.15, 0.2) is 0 Å². The maximum atomic E-state index is 13.1. The standard InChI is InChI=1S/C26H28N2O3/c1-16-11-17(2)27-21(16)13-20-12-19(15-24(20)30-6)23-14-18-9-7-8-10-22(18)28(23)25(29)31-26(3,4)5/h7-15,27H,1-6H3/b20-13+. The largest absolute Gasteiger partial charge is 0.496 e. The highest BCUT2D eigenvalue weighted by Crippen LogP contribution is 2.35. The number of carbonyl (C=O) groups excluding carboxylic acids is 1. The molecular weight excluding hydrogens is 388 g/mol. The number of aromatic nitrogens is 2. The van der Waals surface area contributed by atoms with Gasteiger partial charge in [0.1, 0.15) is 11.4 Å². The number of methoxy groups -OCH3 is 1. The van der Waals surface area contributed by atoms with E-state index >= 15 is 0 Å². The van der Waals surface area contributed by atoms with E-state index in [1.165, 1.54) is 5.56 Å². The Kier molecular flexibility index (Phi) is 5.13. The number of rotatable bonds is 3. The Morgan fingerprint density at radius 3 is 2.48 bits per heavy atom. The Bertz CT molecular complexity index is 1260. The summed E-state index contributed by atoms with van der Waals surface area (Å²) in [5, 5.41) is 0.977. The van der Waals surface area contributed by atoms with E-state index in [1.54, 1.807) is 11.7 Å². The van der Waals surface area contributed by atoms with Crippen molar-refractivity contribution >= 4 is 28.6 Å². The number of hydrogen-bond donors (Lipinski definition) is 1. The molecule has 1 aliphatic rings. The second-order valence-corrected chi connectivity index (χ2v) is 8.87. The molecule has 160 valence electrons. The molecule has 1 N–H and O–H groups in total. The molecule has 0 saturated heterocycles. The van der Waals surface area contributed by atoms with Gasteiger partial charge in [-0.05, 0) is 76.6 Å². The zero-order chi connectivity index (χ0) is 22.3. The van der Waals surface area contributed by atoms with Crippen LogP contribution in [0.3, 0.4) is 0 Å². The van der Waals surface area contributed by atoms with Crippen molar-refractivity contribution < 1.29 is 14.3 Å². The van der Waals surface area contributed by atoms with Crippen molar-refractivity contribution in [1.29, 1.82) is 0 Å². The molecule has 0 aliphatic heterocycles. The highest BCUT2D eigenvalue weighted by molar-refractivity contribution is 5.97. The van der Waals surface area contributed by atoms with Gasteiger partial charge in [-0.1, -0.05) is 18.2 Å². The first-order valence-corrected chi connectivity index (χ1v) is 10.4. The zero-order valence-corrected chi connectivity index (χ0v) is 18.9. The van der Waals surface area contributed by atoms with Crippen molar-refractivity contribution in [3.63, 3.8) is 0 Å². The van der Waals surface area contributed by atoms with Crippen LogP contribution in [0.25, 0.3) is 22.6 Å². The predicted molar refractivity (Wildman–Crippen MR) is 125 cm³/mol. The SMILES string of the molecule is COC1=CC(c2cc3ccccc3n2C(=O)OC(C)(C)C)=C/C1=C\c1[nH]c(C)cc1C. The van der Waals surface area contributed by atoms with Gasteiger partial charge in [-0.15, -0.1) is 0 Å². The molecule has 0 amide bonds. The van der Waals surface area contributed by atoms with Gasteiger partial charge in [-0.3, -0.25) is 0 Å². The molecule has 1 aliphatic carbocycles. The average molecular weight is 417 g/mol. The number of benzene rings is 1. The van der Waals surface area contributed by atoms with E-state index in [2.05, 4.69) is 24.1 Å². The van der Waals surface area contributed by atoms with Gasteiger partial charge in [-0.25, -0.2) is 9.36 Å². The molecule has 0 atom stereocenters. The Hall–Kier alpha value is -3.47. The highest BCUT2D eigenvalue weighted by Gasteiger charge is 2.25. The van der Waals surface area contributed by atoms with Crippen LogP contribution < -0.4 is 0 Å². The van der Waals surface area contributed by atoms with Gasteiger partial charge >= 0.3 is 6.09 Å². The van der Waals surface area contributed by atoms with E-state index in [4.69, 9.17) is 9.47 Å². The maximum Gasteiger partial charge on any atom is 0.419 e. The number of fused-ring (bicyclic) bond motifs is 1. The summed E-state index contributed by atoms with van der Waals surface area (Å²) < 4.78 is 13.0. The average Bonchev–Trinajstić information content (AvgIpc) is 3.35. The number of nitrogens with zero attached hydrogens (tertiary/aromatic N) is 1. The van der Waals surface area contributed by atoms with Crippen molar-refractivity contribution in [2.45, 2.75) is 40.2 Å². The second kappa shape index (κ2) is 7.65. The summed E-state index contributed by atoms with van der Waals surface area (Å²) in [6.45, 7) is 9.73. The topological polar surface area (TPSA) is 56.2 Å². The van der Waals surface area contributed by atoms with E-state index in [0.29, 0.717) is 0 Å². The van der Waals surface area contributed by atoms with Gasteiger partial charge in [-0.2, -0.15) is 0 Å². The van der Waals surface area contributed by atoms with Crippen LogP contribution in [0, 0.1) is 13.8 Å². The van der Waals surface area contributed by atoms with Gasteiger partial charge in [0.05, 0.1) is 18.3 Å². The zero-order valence-electron chi connectivity index (χ0n) is 18.9. The van der Waals surface area contributed by atoms with Crippen molar-refractivity contribution in [2.24, 2.45) is 0 Å². The van der Waals surface area contributed by atoms with Crippen LogP contribution in [0.2, 0.25) is 0 Å². The number of hydrogen-bond acceptors (Lipinski definition) is 3. The number of nitrogens with one attached hydrogen (secondary N) is 1. The van der Waals surface area contributed by atoms with Gasteiger partial charge < -0.3 is 14.5 Å². The molecule has 3 aromatic rings. The highest BCUT2D eigenvalue weighted by atomic mass is 16.6. The number of ether oxygens (including phenoxy) is 2. The fourth-order valence-corrected chi connectivity index (χ4v) is 3.87. The number of carbonyl (C=O) groups is 1. The molecule has 0 saturated carbocycles. The number of H-pyrrole nitrogens is 1. The first-order valence-electron chi connectivity index (χ1n) is 10.4. The van der Waals surface area contributed by atoms with Crippen LogP contribution in [-0.4, -0.2) is 28.4 Å². The quantitative estimate of drug-likeness (QED) is 0.539. The second-order valence-electron chi connectivity index (χ2n) is 8.87. The third kappa shape index (κ3) is 4.08. The molecule has 4 rings (SSSR count). The number of aromatic amines is 1. The van der Waals surface area contributed by atoms with Crippen LogP contribution in [0.5, 0.6) is 0 Å². The van der Waals surface area contributed by atoms with Crippen molar-refractivity contribution in [3.05, 3.63) is 82.5 Å². The molecule has 0 unspecified atom stereocenters. The lowest BCUT2D eigenvalue weighted by molar-refractivity contribution is 0.0543. The monoisotopic (exact) mass is 416 g/mol. The van der Waals surface area contributed by atoms with Gasteiger partial charge in [0.25, 0.3) is 0 Å². The third-order valence-corrected chi connectivity index (χ3v) is 5.17. The molecule has 0 bridgehead atoms. The van der Waals surface area contributed by atoms with E-state index in [9.17, 15) is 4.79 Å². The number of allylic oxidation sites excluding steroid dienone is 3. The minimum atomic E-state index is -0.592. The van der Waals surface area contributed by atoms with Crippen molar-refractivity contribution in [1.82, 2.24) is 9.55 Å². The molecule has 2 heterocycles. The summed E-state index contributed by atoms with van der Waals surface area (Å²) in [5.74, 6) is 0.752. The Morgan fingerprint density at radius 1 is 1.10 bits per heavy atom. The normalized spacial score (nSPS) is 15.4. The Labute approximate surface area is 182 Å². The van der Waals surface area contributed by atoms with Crippen molar-refractivity contribution in [3.8, 4) is 0 Å². The number of aryl methyl sites for hydroxylation is 2. The minimum Gasteiger partial charge on any atom is -0.496 e. The lowest BCUT2D eigenvalue weighted by atomic mass is 10.1. The molecule has 2 aromatic heterocycles. The van der Waals surface area contributed by atoms with E-state index in [0.717, 1.165) is 44.9 Å². The summed E-state index contributed by atoms with van der Waals surface area (Å²) in [7, 11) is 1.66. The lowest BCUT2D eigenvalue weighted by Gasteiger charge is -2.21. The molecule has 0 fully saturated rings. The lowest BCUT2D eigenvalue weighted by Crippen LogP contribution is -2.27. The predicted octanol–water partition coefficient (Wildman–Crippen LogP) is 6.38. The molecular formula is C26H28N2O3. The maximum absolute atomic E-state index is 13.1. The summed E-state index contributed by atoms with van der Waals surface area (Å²) in [5.41, 5.74) is 6.16. The first-order chi connectivity index (χ1) is 14.7. The van der Waals surface area contributed by atoms with E-state index in [-0.39, 0.29) is 0 Å². The summed E-state index contributed by atoms with van der Waals surface area (Å²) in [4.78, 5) is 16.5. The first kappa shape index (κ1) is 20.8. The fraction of sp³-hybridized carbons (Fsp3) is 0.269. The molecule has 0 spiro atoms. The van der Waals surface area contributed by atoms with Crippen LogP contribution in [-0.2, 0) is 9.47 Å². The van der Waals surface area contributed by atoms with Crippen molar-refractivity contribution in [2.75, 3.05) is 7.11 Å². The molecule has 5 heteroatoms. The van der Waals surface area contributed by atoms with Crippen LogP contribution in [0.4, 0.5) is 4.79 Å². The summed E-state index contributed by atoms with van der Waals surface area (Å²) >= 11 is 0. The number of para-hydroxylation sites is 1. The smallest absolute Gasteiger partial charge is 0.419 e. The van der Waals surface area contributed by atoms with E-state index in [1.807, 2.05) is 70.2 Å².